The van der Waals surface area contributed by atoms with E-state index in [0.29, 0.717) is 24.4 Å². The van der Waals surface area contributed by atoms with Crippen molar-refractivity contribution in [1.29, 1.82) is 0 Å². The molecular formula is C22H25IN2O6S. The lowest BCUT2D eigenvalue weighted by atomic mass is 10.2. The predicted octanol–water partition coefficient (Wildman–Crippen LogP) is 3.67. The van der Waals surface area contributed by atoms with E-state index < -0.39 is 17.1 Å². The number of amides is 3. The molecule has 32 heavy (non-hydrogen) atoms. The third-order valence-corrected chi connectivity index (χ3v) is 6.78. The smallest absolute Gasteiger partial charge is 0.344 e. The van der Waals surface area contributed by atoms with Gasteiger partial charge in [0, 0.05) is 13.1 Å². The van der Waals surface area contributed by atoms with Crippen LogP contribution >= 0.6 is 34.4 Å². The van der Waals surface area contributed by atoms with Crippen molar-refractivity contribution in [3.05, 3.63) is 32.2 Å². The Morgan fingerprint density at radius 2 is 1.88 bits per heavy atom. The monoisotopic (exact) mass is 572 g/mol. The molecule has 0 spiro atoms. The molecule has 2 heterocycles. The summed E-state index contributed by atoms with van der Waals surface area (Å²) in [5, 5.41) is -0.437. The van der Waals surface area contributed by atoms with Gasteiger partial charge in [-0.3, -0.25) is 19.3 Å². The maximum Gasteiger partial charge on any atom is 0.344 e. The molecule has 1 aromatic carbocycles. The highest BCUT2D eigenvalue weighted by molar-refractivity contribution is 14.1. The molecule has 0 N–H and O–H groups in total. The first-order chi connectivity index (χ1) is 15.4. The van der Waals surface area contributed by atoms with Crippen LogP contribution in [-0.2, 0) is 19.1 Å². The Hall–Kier alpha value is -2.08. The summed E-state index contributed by atoms with van der Waals surface area (Å²) in [6.45, 7) is 2.95. The van der Waals surface area contributed by atoms with E-state index in [0.717, 1.165) is 45.9 Å². The molecule has 3 amide bonds. The van der Waals surface area contributed by atoms with Crippen molar-refractivity contribution in [3.63, 3.8) is 0 Å². The fourth-order valence-electron chi connectivity index (χ4n) is 3.41. The van der Waals surface area contributed by atoms with E-state index >= 15 is 0 Å². The van der Waals surface area contributed by atoms with Crippen molar-refractivity contribution >= 4 is 63.5 Å². The highest BCUT2D eigenvalue weighted by Gasteiger charge is 2.37. The van der Waals surface area contributed by atoms with Crippen molar-refractivity contribution in [3.8, 4) is 5.75 Å². The van der Waals surface area contributed by atoms with Crippen molar-refractivity contribution in [1.82, 2.24) is 9.80 Å². The summed E-state index contributed by atoms with van der Waals surface area (Å²) in [7, 11) is 0. The molecule has 172 valence electrons. The first kappa shape index (κ1) is 24.6. The van der Waals surface area contributed by atoms with Crippen molar-refractivity contribution < 1.29 is 28.7 Å². The predicted molar refractivity (Wildman–Crippen MR) is 129 cm³/mol. The molecule has 2 aliphatic heterocycles. The van der Waals surface area contributed by atoms with Gasteiger partial charge < -0.3 is 14.4 Å². The van der Waals surface area contributed by atoms with Crippen LogP contribution in [0.5, 0.6) is 5.75 Å². The highest BCUT2D eigenvalue weighted by atomic mass is 127. The molecule has 10 heteroatoms. The maximum absolute atomic E-state index is 12.8. The summed E-state index contributed by atoms with van der Waals surface area (Å²) in [6.07, 6.45) is 5.72. The number of halogens is 1. The van der Waals surface area contributed by atoms with E-state index in [1.165, 1.54) is 0 Å². The van der Waals surface area contributed by atoms with Crippen LogP contribution in [0.25, 0.3) is 6.08 Å². The van der Waals surface area contributed by atoms with Crippen molar-refractivity contribution in [2.45, 2.75) is 32.6 Å². The minimum absolute atomic E-state index is 0.187. The van der Waals surface area contributed by atoms with E-state index in [4.69, 9.17) is 9.47 Å². The van der Waals surface area contributed by atoms with Crippen molar-refractivity contribution in [2.24, 2.45) is 0 Å². The summed E-state index contributed by atoms with van der Waals surface area (Å²) in [5.74, 6) is -0.573. The second-order valence-corrected chi connectivity index (χ2v) is 9.50. The third-order valence-electron chi connectivity index (χ3n) is 5.03. The number of hydrogen-bond acceptors (Lipinski definition) is 7. The van der Waals surface area contributed by atoms with Crippen LogP contribution in [-0.4, -0.2) is 65.7 Å². The number of thioether (sulfide) groups is 1. The van der Waals surface area contributed by atoms with E-state index in [1.807, 2.05) is 0 Å². The van der Waals surface area contributed by atoms with Crippen LogP contribution < -0.4 is 4.74 Å². The number of benzene rings is 1. The van der Waals surface area contributed by atoms with Gasteiger partial charge in [0.15, 0.2) is 6.61 Å². The highest BCUT2D eigenvalue weighted by Crippen LogP contribution is 2.33. The molecule has 0 atom stereocenters. The van der Waals surface area contributed by atoms with Gasteiger partial charge in [-0.1, -0.05) is 18.9 Å². The van der Waals surface area contributed by atoms with Gasteiger partial charge in [0.25, 0.3) is 11.1 Å². The summed E-state index contributed by atoms with van der Waals surface area (Å²) >= 11 is 2.90. The Bertz CT molecular complexity index is 927. The lowest BCUT2D eigenvalue weighted by Gasteiger charge is -2.22. The van der Waals surface area contributed by atoms with Crippen LogP contribution in [0.2, 0.25) is 0 Å². The molecule has 0 bridgehead atoms. The molecule has 2 aliphatic rings. The summed E-state index contributed by atoms with van der Waals surface area (Å²) in [5.41, 5.74) is 0.710. The zero-order valence-electron chi connectivity index (χ0n) is 17.8. The molecule has 0 aromatic heterocycles. The van der Waals surface area contributed by atoms with Crippen LogP contribution in [0, 0.1) is 3.57 Å². The minimum atomic E-state index is -0.458. The first-order valence-electron chi connectivity index (χ1n) is 10.5. The minimum Gasteiger partial charge on any atom is -0.481 e. The molecular weight excluding hydrogens is 547 g/mol. The molecule has 3 rings (SSSR count). The quantitative estimate of drug-likeness (QED) is 0.280. The van der Waals surface area contributed by atoms with Crippen LogP contribution in [0.4, 0.5) is 4.79 Å². The Morgan fingerprint density at radius 1 is 1.16 bits per heavy atom. The lowest BCUT2D eigenvalue weighted by molar-refractivity contribution is -0.145. The average Bonchev–Trinajstić information content (AvgIpc) is 2.96. The molecule has 8 nitrogen and oxygen atoms in total. The molecule has 0 saturated carbocycles. The molecule has 2 fully saturated rings. The number of ether oxygens (including phenoxy) is 2. The number of carbonyl (C=O) groups excluding carboxylic acids is 4. The van der Waals surface area contributed by atoms with Gasteiger partial charge in [-0.05, 0) is 77.9 Å². The van der Waals surface area contributed by atoms with Gasteiger partial charge in [-0.2, -0.15) is 0 Å². The Kier molecular flexibility index (Phi) is 8.97. The molecule has 1 aromatic rings. The summed E-state index contributed by atoms with van der Waals surface area (Å²) < 4.78 is 11.0. The Morgan fingerprint density at radius 3 is 2.53 bits per heavy atom. The van der Waals surface area contributed by atoms with E-state index in [-0.39, 0.29) is 30.6 Å². The molecule has 2 saturated heterocycles. The van der Waals surface area contributed by atoms with E-state index in [9.17, 15) is 19.2 Å². The van der Waals surface area contributed by atoms with Crippen LogP contribution in [0.1, 0.15) is 38.2 Å². The number of esters is 1. The van der Waals surface area contributed by atoms with Gasteiger partial charge in [0.1, 0.15) is 12.3 Å². The fraction of sp³-hybridized carbons (Fsp3) is 0.455. The van der Waals surface area contributed by atoms with Gasteiger partial charge >= 0.3 is 5.97 Å². The van der Waals surface area contributed by atoms with Crippen LogP contribution in [0.15, 0.2) is 23.1 Å². The molecule has 0 unspecified atom stereocenters. The standard InChI is InChI=1S/C22H25IN2O6S/c1-2-30-20(27)14-31-17-8-7-15(11-16(17)23)12-18-21(28)25(22(29)32-18)13-19(26)24-9-5-3-4-6-10-24/h7-8,11-12H,2-6,9-10,13-14H2,1H3. The molecule has 0 radical (unpaired) electrons. The lowest BCUT2D eigenvalue weighted by Crippen LogP contribution is -2.42. The molecule has 0 aliphatic carbocycles. The maximum atomic E-state index is 12.8. The van der Waals surface area contributed by atoms with Gasteiger partial charge in [-0.25, -0.2) is 4.79 Å². The topological polar surface area (TPSA) is 93.2 Å². The number of imide groups is 1. The van der Waals surface area contributed by atoms with Crippen LogP contribution in [0.3, 0.4) is 0 Å². The summed E-state index contributed by atoms with van der Waals surface area (Å²) in [4.78, 5) is 52.2. The zero-order chi connectivity index (χ0) is 23.1. The fourth-order valence-corrected chi connectivity index (χ4v) is 4.94. The number of carbonyl (C=O) groups is 4. The van der Waals surface area contributed by atoms with E-state index in [2.05, 4.69) is 22.6 Å². The van der Waals surface area contributed by atoms with Gasteiger partial charge in [-0.15, -0.1) is 0 Å². The number of nitrogens with zero attached hydrogens (tertiary/aromatic N) is 2. The van der Waals surface area contributed by atoms with Crippen molar-refractivity contribution in [2.75, 3.05) is 32.8 Å². The normalized spacial score (nSPS) is 18.1. The zero-order valence-corrected chi connectivity index (χ0v) is 20.8. The number of rotatable bonds is 7. The average molecular weight is 572 g/mol. The van der Waals surface area contributed by atoms with Gasteiger partial charge in [0.2, 0.25) is 5.91 Å². The Labute approximate surface area is 204 Å². The van der Waals surface area contributed by atoms with Gasteiger partial charge in [0.05, 0.1) is 15.1 Å². The van der Waals surface area contributed by atoms with E-state index in [1.54, 1.807) is 36.1 Å². The second kappa shape index (κ2) is 11.7. The largest absolute Gasteiger partial charge is 0.481 e. The Balaban J connectivity index is 1.64. The SMILES string of the molecule is CCOC(=O)COc1ccc(C=C2SC(=O)N(CC(=O)N3CCCCCC3)C2=O)cc1I. The second-order valence-electron chi connectivity index (χ2n) is 7.35. The first-order valence-corrected chi connectivity index (χ1v) is 12.4. The third kappa shape index (κ3) is 6.47. The summed E-state index contributed by atoms with van der Waals surface area (Å²) in [6, 6.07) is 5.22. The number of likely N-dealkylation sites (tertiary alicyclic amines) is 1. The number of hydrogen-bond donors (Lipinski definition) is 0.